The first-order valence-corrected chi connectivity index (χ1v) is 9.58. The molecule has 0 N–H and O–H groups in total. The highest BCUT2D eigenvalue weighted by Crippen LogP contribution is 2.64. The molecule has 1 fully saturated rings. The SMILES string of the molecule is N#CC1(C#N)[C@H](c2ccc3c(c2)OCO3)[C@H]1S(=O)(=O)c1ccc(Cl)cc1. The first-order valence-electron chi connectivity index (χ1n) is 7.65. The summed E-state index contributed by atoms with van der Waals surface area (Å²) < 4.78 is 36.7. The lowest BCUT2D eigenvalue weighted by Crippen LogP contribution is -2.14. The molecule has 2 aromatic rings. The monoisotopic (exact) mass is 386 g/mol. The standard InChI is InChI=1S/C18H11ClN2O4S/c19-12-2-4-13(5-3-12)26(22,23)17-16(18(17,8-20)9-21)11-1-6-14-15(7-11)25-10-24-14/h1-7,16-17H,10H2/t16-,17-/m1/s1. The third-order valence-corrected chi connectivity index (χ3v) is 7.23. The van der Waals surface area contributed by atoms with E-state index in [1.165, 1.54) is 24.3 Å². The molecule has 0 saturated heterocycles. The maximum Gasteiger partial charge on any atom is 0.231 e. The van der Waals surface area contributed by atoms with Crippen LogP contribution in [0.1, 0.15) is 11.5 Å². The zero-order valence-corrected chi connectivity index (χ0v) is 14.8. The lowest BCUT2D eigenvalue weighted by molar-refractivity contribution is 0.174. The Morgan fingerprint density at radius 3 is 2.35 bits per heavy atom. The summed E-state index contributed by atoms with van der Waals surface area (Å²) in [5, 5.41) is 18.4. The van der Waals surface area contributed by atoms with E-state index in [-0.39, 0.29) is 11.7 Å². The summed E-state index contributed by atoms with van der Waals surface area (Å²) in [6.07, 6.45) is 0. The van der Waals surface area contributed by atoms with E-state index in [4.69, 9.17) is 21.1 Å². The summed E-state index contributed by atoms with van der Waals surface area (Å²) in [4.78, 5) is 0.0324. The van der Waals surface area contributed by atoms with E-state index in [9.17, 15) is 18.9 Å². The minimum Gasteiger partial charge on any atom is -0.454 e. The number of nitriles is 2. The van der Waals surface area contributed by atoms with Gasteiger partial charge in [-0.05, 0) is 42.0 Å². The Morgan fingerprint density at radius 1 is 1.04 bits per heavy atom. The molecular formula is C18H11ClN2O4S. The predicted octanol–water partition coefficient (Wildman–Crippen LogP) is 3.04. The molecule has 0 radical (unpaired) electrons. The van der Waals surface area contributed by atoms with Gasteiger partial charge in [0.1, 0.15) is 5.25 Å². The van der Waals surface area contributed by atoms with E-state index in [0.29, 0.717) is 22.1 Å². The first-order chi connectivity index (χ1) is 12.4. The van der Waals surface area contributed by atoms with Crippen molar-refractivity contribution in [2.45, 2.75) is 16.1 Å². The first kappa shape index (κ1) is 16.7. The van der Waals surface area contributed by atoms with Crippen LogP contribution >= 0.6 is 11.6 Å². The molecule has 2 aromatic carbocycles. The highest BCUT2D eigenvalue weighted by atomic mass is 35.5. The number of ether oxygens (including phenoxy) is 2. The van der Waals surface area contributed by atoms with E-state index in [2.05, 4.69) is 0 Å². The minimum atomic E-state index is -3.90. The fraction of sp³-hybridized carbons (Fsp3) is 0.222. The number of rotatable bonds is 3. The van der Waals surface area contributed by atoms with Crippen LogP contribution in [0.4, 0.5) is 0 Å². The van der Waals surface area contributed by atoms with Crippen LogP contribution in [-0.2, 0) is 9.84 Å². The maximum absolute atomic E-state index is 13.1. The molecule has 1 aliphatic carbocycles. The van der Waals surface area contributed by atoms with Crippen molar-refractivity contribution in [2.24, 2.45) is 5.41 Å². The van der Waals surface area contributed by atoms with Crippen LogP contribution in [0.25, 0.3) is 0 Å². The molecule has 130 valence electrons. The van der Waals surface area contributed by atoms with Crippen LogP contribution in [0.15, 0.2) is 47.4 Å². The lowest BCUT2D eigenvalue weighted by atomic mass is 10.0. The van der Waals surface area contributed by atoms with Gasteiger partial charge in [-0.25, -0.2) is 8.42 Å². The summed E-state index contributed by atoms with van der Waals surface area (Å²) >= 11 is 5.82. The average molecular weight is 387 g/mol. The van der Waals surface area contributed by atoms with Crippen molar-refractivity contribution in [3.63, 3.8) is 0 Å². The van der Waals surface area contributed by atoms with Gasteiger partial charge in [-0.15, -0.1) is 0 Å². The van der Waals surface area contributed by atoms with Gasteiger partial charge in [-0.1, -0.05) is 17.7 Å². The molecule has 0 bridgehead atoms. The van der Waals surface area contributed by atoms with Crippen LogP contribution in [0, 0.1) is 28.1 Å². The van der Waals surface area contributed by atoms with Gasteiger partial charge in [0.25, 0.3) is 0 Å². The molecule has 1 heterocycles. The number of benzene rings is 2. The van der Waals surface area contributed by atoms with Gasteiger partial charge in [0, 0.05) is 10.9 Å². The average Bonchev–Trinajstić information content (AvgIpc) is 3.12. The molecule has 1 saturated carbocycles. The molecule has 0 spiro atoms. The lowest BCUT2D eigenvalue weighted by Gasteiger charge is -2.04. The van der Waals surface area contributed by atoms with Gasteiger partial charge < -0.3 is 9.47 Å². The second-order valence-electron chi connectivity index (χ2n) is 6.10. The van der Waals surface area contributed by atoms with Crippen LogP contribution in [-0.4, -0.2) is 20.5 Å². The highest BCUT2D eigenvalue weighted by molar-refractivity contribution is 7.92. The van der Waals surface area contributed by atoms with Crippen LogP contribution in [0.2, 0.25) is 5.02 Å². The predicted molar refractivity (Wildman–Crippen MR) is 91.4 cm³/mol. The van der Waals surface area contributed by atoms with Crippen molar-refractivity contribution in [3.05, 3.63) is 53.1 Å². The number of nitrogens with zero attached hydrogens (tertiary/aromatic N) is 2. The Bertz CT molecular complexity index is 1070. The van der Waals surface area contributed by atoms with Gasteiger partial charge in [-0.2, -0.15) is 10.5 Å². The number of fused-ring (bicyclic) bond motifs is 1. The van der Waals surface area contributed by atoms with E-state index in [0.717, 1.165) is 0 Å². The second-order valence-corrected chi connectivity index (χ2v) is 8.61. The summed E-state index contributed by atoms with van der Waals surface area (Å²) in [6, 6.07) is 14.5. The quantitative estimate of drug-likeness (QED) is 0.803. The Hall–Kier alpha value is -2.74. The van der Waals surface area contributed by atoms with Crippen molar-refractivity contribution in [1.82, 2.24) is 0 Å². The fourth-order valence-corrected chi connectivity index (χ4v) is 5.71. The maximum atomic E-state index is 13.1. The number of hydrogen-bond acceptors (Lipinski definition) is 6. The van der Waals surface area contributed by atoms with Gasteiger partial charge in [0.2, 0.25) is 6.79 Å². The van der Waals surface area contributed by atoms with Crippen molar-refractivity contribution < 1.29 is 17.9 Å². The normalized spacial score (nSPS) is 22.3. The van der Waals surface area contributed by atoms with Crippen LogP contribution in [0.3, 0.4) is 0 Å². The number of hydrogen-bond donors (Lipinski definition) is 0. The van der Waals surface area contributed by atoms with Crippen LogP contribution < -0.4 is 9.47 Å². The van der Waals surface area contributed by atoms with Gasteiger partial charge >= 0.3 is 0 Å². The van der Waals surface area contributed by atoms with E-state index in [1.54, 1.807) is 18.2 Å². The molecular weight excluding hydrogens is 376 g/mol. The minimum absolute atomic E-state index is 0.0324. The highest BCUT2D eigenvalue weighted by Gasteiger charge is 2.73. The topological polar surface area (TPSA) is 100 Å². The smallest absolute Gasteiger partial charge is 0.231 e. The molecule has 0 aromatic heterocycles. The Kier molecular flexibility index (Phi) is 3.62. The van der Waals surface area contributed by atoms with Crippen molar-refractivity contribution in [2.75, 3.05) is 6.79 Å². The van der Waals surface area contributed by atoms with Crippen molar-refractivity contribution in [3.8, 4) is 23.6 Å². The van der Waals surface area contributed by atoms with E-state index in [1.807, 2.05) is 12.1 Å². The summed E-state index contributed by atoms with van der Waals surface area (Å²) in [5.41, 5.74) is -1.09. The van der Waals surface area contributed by atoms with Crippen molar-refractivity contribution in [1.29, 1.82) is 10.5 Å². The third-order valence-electron chi connectivity index (χ3n) is 4.74. The van der Waals surface area contributed by atoms with E-state index < -0.39 is 26.4 Å². The molecule has 2 aliphatic rings. The summed E-state index contributed by atoms with van der Waals surface area (Å²) in [6.45, 7) is 0.0810. The third kappa shape index (κ3) is 2.25. The molecule has 1 aliphatic heterocycles. The van der Waals surface area contributed by atoms with Crippen LogP contribution in [0.5, 0.6) is 11.5 Å². The zero-order valence-electron chi connectivity index (χ0n) is 13.2. The van der Waals surface area contributed by atoms with Crippen molar-refractivity contribution >= 4 is 21.4 Å². The largest absolute Gasteiger partial charge is 0.454 e. The molecule has 26 heavy (non-hydrogen) atoms. The molecule has 8 heteroatoms. The molecule has 0 amide bonds. The van der Waals surface area contributed by atoms with Gasteiger partial charge in [0.15, 0.2) is 26.8 Å². The second kappa shape index (κ2) is 5.63. The molecule has 6 nitrogen and oxygen atoms in total. The van der Waals surface area contributed by atoms with E-state index >= 15 is 0 Å². The molecule has 2 atom stereocenters. The van der Waals surface area contributed by atoms with Gasteiger partial charge in [0.05, 0.1) is 17.0 Å². The Balaban J connectivity index is 1.79. The zero-order chi connectivity index (χ0) is 18.5. The fourth-order valence-electron chi connectivity index (χ4n) is 3.39. The van der Waals surface area contributed by atoms with Gasteiger partial charge in [-0.3, -0.25) is 0 Å². The Morgan fingerprint density at radius 2 is 1.69 bits per heavy atom. The number of sulfone groups is 1. The summed E-state index contributed by atoms with van der Waals surface area (Å²) in [5.74, 6) is 0.250. The Labute approximate surface area is 155 Å². The number of halogens is 1. The molecule has 0 unspecified atom stereocenters. The summed E-state index contributed by atoms with van der Waals surface area (Å²) in [7, 11) is -3.90. The molecule has 4 rings (SSSR count).